The van der Waals surface area contributed by atoms with E-state index < -0.39 is 17.5 Å². The molecule has 6 heteroatoms. The second-order valence-corrected chi connectivity index (χ2v) is 6.04. The summed E-state index contributed by atoms with van der Waals surface area (Å²) in [5, 5.41) is 0. The molecule has 1 aliphatic rings. The van der Waals surface area contributed by atoms with Crippen molar-refractivity contribution in [3.8, 4) is 5.75 Å². The number of fused-ring (bicyclic) bond motifs is 1. The molecule has 1 aliphatic heterocycles. The topological polar surface area (TPSA) is 38.8 Å². The van der Waals surface area contributed by atoms with Crippen LogP contribution in [0.3, 0.4) is 0 Å². The monoisotopic (exact) mass is 331 g/mol. The van der Waals surface area contributed by atoms with E-state index in [1.807, 2.05) is 0 Å². The zero-order valence-corrected chi connectivity index (χ0v) is 12.6. The zero-order chi connectivity index (χ0) is 14.2. The number of hydrogen-bond acceptors (Lipinski definition) is 3. The molecule has 0 aromatic heterocycles. The molecule has 0 atom stereocenters. The van der Waals surface area contributed by atoms with Crippen LogP contribution < -0.4 is 9.64 Å². The van der Waals surface area contributed by atoms with Crippen LogP contribution in [0.4, 0.5) is 14.9 Å². The van der Waals surface area contributed by atoms with Gasteiger partial charge in [0.25, 0.3) is 0 Å². The van der Waals surface area contributed by atoms with E-state index in [1.165, 1.54) is 4.90 Å². The number of carbonyl (C=O) groups is 1. The first-order valence-electron chi connectivity index (χ1n) is 5.91. The fraction of sp³-hybridized carbons (Fsp3) is 0.462. The second-order valence-electron chi connectivity index (χ2n) is 5.19. The first kappa shape index (κ1) is 14.1. The second kappa shape index (κ2) is 5.00. The Morgan fingerprint density at radius 2 is 2.16 bits per heavy atom. The van der Waals surface area contributed by atoms with Gasteiger partial charge in [-0.3, -0.25) is 4.90 Å². The van der Waals surface area contributed by atoms with Crippen molar-refractivity contribution in [3.63, 3.8) is 0 Å². The summed E-state index contributed by atoms with van der Waals surface area (Å²) >= 11 is 3.09. The highest BCUT2D eigenvalue weighted by atomic mass is 79.9. The van der Waals surface area contributed by atoms with Gasteiger partial charge in [-0.15, -0.1) is 0 Å². The van der Waals surface area contributed by atoms with Crippen molar-refractivity contribution in [1.29, 1.82) is 0 Å². The van der Waals surface area contributed by atoms with Crippen molar-refractivity contribution >= 4 is 27.7 Å². The fourth-order valence-electron chi connectivity index (χ4n) is 1.74. The number of benzene rings is 1. The van der Waals surface area contributed by atoms with Crippen molar-refractivity contribution in [2.24, 2.45) is 0 Å². The Balaban J connectivity index is 2.33. The Morgan fingerprint density at radius 1 is 1.47 bits per heavy atom. The molecule has 19 heavy (non-hydrogen) atoms. The summed E-state index contributed by atoms with van der Waals surface area (Å²) in [6, 6.07) is 3.17. The van der Waals surface area contributed by atoms with E-state index in [1.54, 1.807) is 32.9 Å². The molecule has 2 rings (SSSR count). The average Bonchev–Trinajstić information content (AvgIpc) is 2.31. The summed E-state index contributed by atoms with van der Waals surface area (Å²) in [5.74, 6) is -0.433. The van der Waals surface area contributed by atoms with Gasteiger partial charge in [0, 0.05) is 0 Å². The maximum Gasteiger partial charge on any atom is 0.415 e. The van der Waals surface area contributed by atoms with Crippen LogP contribution in [0.1, 0.15) is 20.8 Å². The van der Waals surface area contributed by atoms with E-state index >= 15 is 0 Å². The number of anilines is 1. The molecule has 0 spiro atoms. The van der Waals surface area contributed by atoms with Gasteiger partial charge in [0.15, 0.2) is 11.6 Å². The molecule has 0 bridgehead atoms. The van der Waals surface area contributed by atoms with E-state index in [2.05, 4.69) is 15.9 Å². The van der Waals surface area contributed by atoms with Crippen LogP contribution in [-0.2, 0) is 4.74 Å². The third kappa shape index (κ3) is 3.00. The Kier molecular flexibility index (Phi) is 3.71. The largest absolute Gasteiger partial charge is 0.486 e. The normalized spacial score (nSPS) is 14.7. The van der Waals surface area contributed by atoms with Gasteiger partial charge in [-0.05, 0) is 48.8 Å². The third-order valence-electron chi connectivity index (χ3n) is 2.50. The number of hydrogen-bond donors (Lipinski definition) is 0. The highest BCUT2D eigenvalue weighted by Crippen LogP contribution is 2.38. The van der Waals surface area contributed by atoms with Gasteiger partial charge in [-0.2, -0.15) is 0 Å². The van der Waals surface area contributed by atoms with E-state index in [-0.39, 0.29) is 12.4 Å². The van der Waals surface area contributed by atoms with E-state index in [0.29, 0.717) is 16.7 Å². The summed E-state index contributed by atoms with van der Waals surface area (Å²) in [4.78, 5) is 13.5. The maximum atomic E-state index is 13.9. The van der Waals surface area contributed by atoms with Crippen LogP contribution in [0, 0.1) is 5.82 Å². The minimum absolute atomic E-state index is 0.0754. The number of carbonyl (C=O) groups excluding carboxylic acids is 1. The van der Waals surface area contributed by atoms with Crippen LogP contribution >= 0.6 is 15.9 Å². The van der Waals surface area contributed by atoms with Gasteiger partial charge in [-0.1, -0.05) is 0 Å². The fourth-order valence-corrected chi connectivity index (χ4v) is 2.05. The predicted molar refractivity (Wildman–Crippen MR) is 73.2 cm³/mol. The molecule has 0 radical (unpaired) electrons. The molecule has 104 valence electrons. The number of ether oxygens (including phenoxy) is 2. The first-order chi connectivity index (χ1) is 8.79. The van der Waals surface area contributed by atoms with Crippen molar-refractivity contribution in [2.45, 2.75) is 26.4 Å². The smallest absolute Gasteiger partial charge is 0.415 e. The molecular weight excluding hydrogens is 317 g/mol. The molecule has 1 aromatic carbocycles. The molecule has 1 heterocycles. The SMILES string of the molecule is CC(C)(C)OC(=O)N1CCOc2c1ccc(Br)c2F. The lowest BCUT2D eigenvalue weighted by Gasteiger charge is -2.31. The summed E-state index contributed by atoms with van der Waals surface area (Å²) < 4.78 is 24.8. The number of amides is 1. The van der Waals surface area contributed by atoms with E-state index in [4.69, 9.17) is 9.47 Å². The van der Waals surface area contributed by atoms with Crippen molar-refractivity contribution < 1.29 is 18.7 Å². The van der Waals surface area contributed by atoms with Crippen molar-refractivity contribution in [3.05, 3.63) is 22.4 Å². The highest BCUT2D eigenvalue weighted by molar-refractivity contribution is 9.10. The molecule has 1 amide bonds. The van der Waals surface area contributed by atoms with Crippen molar-refractivity contribution in [2.75, 3.05) is 18.1 Å². The molecule has 0 saturated heterocycles. The Morgan fingerprint density at radius 3 is 2.79 bits per heavy atom. The molecule has 0 saturated carbocycles. The lowest BCUT2D eigenvalue weighted by atomic mass is 10.2. The molecule has 4 nitrogen and oxygen atoms in total. The van der Waals surface area contributed by atoms with Crippen LogP contribution in [0.15, 0.2) is 16.6 Å². The summed E-state index contributed by atoms with van der Waals surface area (Å²) in [7, 11) is 0. The minimum atomic E-state index is -0.594. The van der Waals surface area contributed by atoms with Crippen LogP contribution in [0.2, 0.25) is 0 Å². The summed E-state index contributed by atoms with van der Waals surface area (Å²) in [5.41, 5.74) is -0.204. The lowest BCUT2D eigenvalue weighted by Crippen LogP contribution is -2.41. The molecule has 1 aromatic rings. The standard InChI is InChI=1S/C13H15BrFNO3/c1-13(2,3)19-12(17)16-6-7-18-11-9(16)5-4-8(14)10(11)15/h4-5H,6-7H2,1-3H3. The quantitative estimate of drug-likeness (QED) is 0.727. The maximum absolute atomic E-state index is 13.9. The molecule has 0 N–H and O–H groups in total. The third-order valence-corrected chi connectivity index (χ3v) is 3.11. The molecule has 0 aliphatic carbocycles. The van der Waals surface area contributed by atoms with Crippen LogP contribution in [-0.4, -0.2) is 24.8 Å². The zero-order valence-electron chi connectivity index (χ0n) is 11.0. The Bertz CT molecular complexity index is 513. The van der Waals surface area contributed by atoms with Gasteiger partial charge in [0.05, 0.1) is 16.7 Å². The molecule has 0 fully saturated rings. The average molecular weight is 332 g/mol. The summed E-state index contributed by atoms with van der Waals surface area (Å²) in [6.07, 6.45) is -0.501. The van der Waals surface area contributed by atoms with Gasteiger partial charge >= 0.3 is 6.09 Å². The van der Waals surface area contributed by atoms with Gasteiger partial charge in [0.2, 0.25) is 0 Å². The first-order valence-corrected chi connectivity index (χ1v) is 6.70. The van der Waals surface area contributed by atoms with Crippen molar-refractivity contribution in [1.82, 2.24) is 0 Å². The number of nitrogens with zero attached hydrogens (tertiary/aromatic N) is 1. The molecular formula is C13H15BrFNO3. The van der Waals surface area contributed by atoms with Gasteiger partial charge in [-0.25, -0.2) is 9.18 Å². The predicted octanol–water partition coefficient (Wildman–Crippen LogP) is 3.72. The van der Waals surface area contributed by atoms with Crippen LogP contribution in [0.5, 0.6) is 5.75 Å². The van der Waals surface area contributed by atoms with E-state index in [0.717, 1.165) is 0 Å². The van der Waals surface area contributed by atoms with E-state index in [9.17, 15) is 9.18 Å². The lowest BCUT2D eigenvalue weighted by molar-refractivity contribution is 0.0567. The van der Waals surface area contributed by atoms with Crippen LogP contribution in [0.25, 0.3) is 0 Å². The Hall–Kier alpha value is -1.30. The Labute approximate surface area is 119 Å². The highest BCUT2D eigenvalue weighted by Gasteiger charge is 2.30. The number of rotatable bonds is 0. The number of halogens is 2. The van der Waals surface area contributed by atoms with Gasteiger partial charge in [0.1, 0.15) is 12.2 Å². The minimum Gasteiger partial charge on any atom is -0.486 e. The van der Waals surface area contributed by atoms with Gasteiger partial charge < -0.3 is 9.47 Å². The summed E-state index contributed by atoms with van der Waals surface area (Å²) in [6.45, 7) is 5.93. The molecule has 0 unspecified atom stereocenters.